The molecule has 2 nitrogen and oxygen atoms in total. The number of ether oxygens (including phenoxy) is 1. The normalized spacial score (nSPS) is 12.6. The van der Waals surface area contributed by atoms with E-state index >= 15 is 0 Å². The van der Waals surface area contributed by atoms with Crippen molar-refractivity contribution < 1.29 is 9.84 Å². The van der Waals surface area contributed by atoms with E-state index in [9.17, 15) is 5.11 Å². The molecular formula is C17H16O2S. The number of fused-ring (bicyclic) bond motifs is 1. The van der Waals surface area contributed by atoms with Gasteiger partial charge in [0, 0.05) is 10.3 Å². The SMILES string of the molecule is COc1cc(C(O)c2cccc3ccsc23)ccc1C. The van der Waals surface area contributed by atoms with E-state index in [1.54, 1.807) is 18.4 Å². The van der Waals surface area contributed by atoms with Crippen molar-refractivity contribution in [3.05, 3.63) is 64.5 Å². The largest absolute Gasteiger partial charge is 0.496 e. The van der Waals surface area contributed by atoms with Crippen LogP contribution in [0.5, 0.6) is 5.75 Å². The van der Waals surface area contributed by atoms with E-state index < -0.39 is 6.10 Å². The molecule has 20 heavy (non-hydrogen) atoms. The lowest BCUT2D eigenvalue weighted by atomic mass is 9.99. The van der Waals surface area contributed by atoms with Crippen LogP contribution in [0.4, 0.5) is 0 Å². The van der Waals surface area contributed by atoms with E-state index in [2.05, 4.69) is 17.5 Å². The summed E-state index contributed by atoms with van der Waals surface area (Å²) in [6.07, 6.45) is -0.633. The monoisotopic (exact) mass is 284 g/mol. The highest BCUT2D eigenvalue weighted by molar-refractivity contribution is 7.17. The summed E-state index contributed by atoms with van der Waals surface area (Å²) < 4.78 is 6.47. The summed E-state index contributed by atoms with van der Waals surface area (Å²) in [5.41, 5.74) is 2.87. The fourth-order valence-corrected chi connectivity index (χ4v) is 3.36. The summed E-state index contributed by atoms with van der Waals surface area (Å²) in [4.78, 5) is 0. The maximum Gasteiger partial charge on any atom is 0.122 e. The molecule has 2 aromatic carbocycles. The van der Waals surface area contributed by atoms with Crippen LogP contribution in [-0.2, 0) is 0 Å². The highest BCUT2D eigenvalue weighted by atomic mass is 32.1. The van der Waals surface area contributed by atoms with Gasteiger partial charge in [0.2, 0.25) is 0 Å². The van der Waals surface area contributed by atoms with Gasteiger partial charge in [0.1, 0.15) is 11.9 Å². The first-order valence-electron chi connectivity index (χ1n) is 6.49. The van der Waals surface area contributed by atoms with Crippen LogP contribution in [0.25, 0.3) is 10.1 Å². The van der Waals surface area contributed by atoms with Crippen molar-refractivity contribution in [3.63, 3.8) is 0 Å². The first-order valence-corrected chi connectivity index (χ1v) is 7.37. The molecule has 0 radical (unpaired) electrons. The number of hydrogen-bond acceptors (Lipinski definition) is 3. The molecule has 0 saturated heterocycles. The lowest BCUT2D eigenvalue weighted by molar-refractivity contribution is 0.221. The lowest BCUT2D eigenvalue weighted by Gasteiger charge is -2.14. The van der Waals surface area contributed by atoms with Crippen LogP contribution < -0.4 is 4.74 Å². The Hall–Kier alpha value is -1.84. The van der Waals surface area contributed by atoms with Crippen molar-refractivity contribution in [1.82, 2.24) is 0 Å². The van der Waals surface area contributed by atoms with Crippen molar-refractivity contribution in [2.75, 3.05) is 7.11 Å². The third-order valence-corrected chi connectivity index (χ3v) is 4.53. The van der Waals surface area contributed by atoms with Gasteiger partial charge >= 0.3 is 0 Å². The average Bonchev–Trinajstić information content (AvgIpc) is 2.95. The Morgan fingerprint density at radius 2 is 2.00 bits per heavy atom. The van der Waals surface area contributed by atoms with Crippen LogP contribution in [0.1, 0.15) is 22.8 Å². The Labute approximate surface area is 122 Å². The van der Waals surface area contributed by atoms with Gasteiger partial charge in [-0.25, -0.2) is 0 Å². The molecule has 1 N–H and O–H groups in total. The van der Waals surface area contributed by atoms with E-state index in [1.165, 1.54) is 5.39 Å². The predicted octanol–water partition coefficient (Wildman–Crippen LogP) is 4.30. The van der Waals surface area contributed by atoms with Crippen molar-refractivity contribution in [1.29, 1.82) is 0 Å². The summed E-state index contributed by atoms with van der Waals surface area (Å²) in [6, 6.07) is 14.0. The molecule has 0 aliphatic carbocycles. The fraction of sp³-hybridized carbons (Fsp3) is 0.176. The zero-order valence-corrected chi connectivity index (χ0v) is 12.3. The minimum Gasteiger partial charge on any atom is -0.496 e. The van der Waals surface area contributed by atoms with Crippen molar-refractivity contribution >= 4 is 21.4 Å². The van der Waals surface area contributed by atoms with Gasteiger partial charge in [-0.2, -0.15) is 0 Å². The summed E-state index contributed by atoms with van der Waals surface area (Å²) in [6.45, 7) is 2.00. The Bertz CT molecular complexity index is 746. The van der Waals surface area contributed by atoms with Crippen LogP contribution in [-0.4, -0.2) is 12.2 Å². The first-order chi connectivity index (χ1) is 9.70. The van der Waals surface area contributed by atoms with Crippen molar-refractivity contribution in [3.8, 4) is 5.75 Å². The number of hydrogen-bond donors (Lipinski definition) is 1. The van der Waals surface area contributed by atoms with E-state index in [0.29, 0.717) is 0 Å². The third-order valence-electron chi connectivity index (χ3n) is 3.55. The molecule has 0 fully saturated rings. The second-order valence-corrected chi connectivity index (χ2v) is 5.73. The Morgan fingerprint density at radius 1 is 1.15 bits per heavy atom. The highest BCUT2D eigenvalue weighted by Crippen LogP contribution is 2.33. The fourth-order valence-electron chi connectivity index (χ4n) is 2.42. The third kappa shape index (κ3) is 2.19. The average molecular weight is 284 g/mol. The Balaban J connectivity index is 2.08. The predicted molar refractivity (Wildman–Crippen MR) is 83.6 cm³/mol. The van der Waals surface area contributed by atoms with E-state index in [4.69, 9.17) is 4.74 Å². The van der Waals surface area contributed by atoms with E-state index in [0.717, 1.165) is 27.1 Å². The molecule has 3 heteroatoms. The molecule has 0 saturated carbocycles. The number of aliphatic hydroxyl groups is 1. The van der Waals surface area contributed by atoms with Gasteiger partial charge in [-0.1, -0.05) is 30.3 Å². The van der Waals surface area contributed by atoms with Gasteiger partial charge in [0.15, 0.2) is 0 Å². The molecule has 0 spiro atoms. The maximum atomic E-state index is 10.7. The smallest absolute Gasteiger partial charge is 0.122 e. The molecule has 0 aliphatic heterocycles. The summed E-state index contributed by atoms with van der Waals surface area (Å²) in [7, 11) is 1.65. The lowest BCUT2D eigenvalue weighted by Crippen LogP contribution is -2.01. The topological polar surface area (TPSA) is 29.5 Å². The first kappa shape index (κ1) is 13.2. The number of aliphatic hydroxyl groups excluding tert-OH is 1. The van der Waals surface area contributed by atoms with Crippen LogP contribution in [0.2, 0.25) is 0 Å². The summed E-state index contributed by atoms with van der Waals surface area (Å²) in [5, 5.41) is 13.9. The highest BCUT2D eigenvalue weighted by Gasteiger charge is 2.15. The molecule has 1 heterocycles. The molecule has 3 rings (SSSR count). The quantitative estimate of drug-likeness (QED) is 0.777. The van der Waals surface area contributed by atoms with Crippen LogP contribution in [0.3, 0.4) is 0 Å². The van der Waals surface area contributed by atoms with Crippen LogP contribution >= 0.6 is 11.3 Å². The van der Waals surface area contributed by atoms with Gasteiger partial charge in [-0.3, -0.25) is 0 Å². The van der Waals surface area contributed by atoms with Crippen molar-refractivity contribution in [2.24, 2.45) is 0 Å². The maximum absolute atomic E-state index is 10.7. The van der Waals surface area contributed by atoms with Crippen LogP contribution in [0.15, 0.2) is 47.8 Å². The van der Waals surface area contributed by atoms with Crippen molar-refractivity contribution in [2.45, 2.75) is 13.0 Å². The summed E-state index contributed by atoms with van der Waals surface area (Å²) in [5.74, 6) is 0.805. The molecular weight excluding hydrogens is 268 g/mol. The number of methoxy groups -OCH3 is 1. The van der Waals surface area contributed by atoms with Gasteiger partial charge < -0.3 is 9.84 Å². The van der Waals surface area contributed by atoms with E-state index in [1.807, 2.05) is 37.3 Å². The molecule has 102 valence electrons. The second-order valence-electron chi connectivity index (χ2n) is 4.82. The zero-order chi connectivity index (χ0) is 14.1. The summed E-state index contributed by atoms with van der Waals surface area (Å²) >= 11 is 1.66. The van der Waals surface area contributed by atoms with Gasteiger partial charge in [-0.15, -0.1) is 11.3 Å². The van der Waals surface area contributed by atoms with Gasteiger partial charge in [0.05, 0.1) is 7.11 Å². The molecule has 1 atom stereocenters. The molecule has 0 aliphatic rings. The van der Waals surface area contributed by atoms with E-state index in [-0.39, 0.29) is 0 Å². The van der Waals surface area contributed by atoms with Gasteiger partial charge in [-0.05, 0) is 40.9 Å². The number of benzene rings is 2. The Morgan fingerprint density at radius 3 is 2.80 bits per heavy atom. The second kappa shape index (κ2) is 5.27. The standard InChI is InChI=1S/C17H16O2S/c1-11-6-7-13(10-15(11)19-2)16(18)14-5-3-4-12-8-9-20-17(12)14/h3-10,16,18H,1-2H3. The number of rotatable bonds is 3. The van der Waals surface area contributed by atoms with Gasteiger partial charge in [0.25, 0.3) is 0 Å². The number of aryl methyl sites for hydroxylation is 1. The minimum absolute atomic E-state index is 0.633. The Kier molecular flexibility index (Phi) is 3.47. The molecule has 0 amide bonds. The zero-order valence-electron chi connectivity index (χ0n) is 11.5. The minimum atomic E-state index is -0.633. The number of thiophene rings is 1. The molecule has 1 unspecified atom stereocenters. The molecule has 3 aromatic rings. The van der Waals surface area contributed by atoms with Crippen LogP contribution in [0, 0.1) is 6.92 Å². The molecule has 0 bridgehead atoms. The molecule has 1 aromatic heterocycles.